The molecule has 0 aromatic carbocycles. The van der Waals surface area contributed by atoms with E-state index in [1.807, 2.05) is 0 Å². The summed E-state index contributed by atoms with van der Waals surface area (Å²) in [5.41, 5.74) is -0.201. The summed E-state index contributed by atoms with van der Waals surface area (Å²) >= 11 is 0. The molecule has 4 atom stereocenters. The number of rotatable bonds is 1. The lowest BCUT2D eigenvalue weighted by Gasteiger charge is -2.53. The fourth-order valence-corrected chi connectivity index (χ4v) is 4.90. The molecule has 2 bridgehead atoms. The van der Waals surface area contributed by atoms with Gasteiger partial charge < -0.3 is 14.7 Å². The summed E-state index contributed by atoms with van der Waals surface area (Å²) in [5.74, 6) is 1.03. The summed E-state index contributed by atoms with van der Waals surface area (Å²) in [4.78, 5) is 2.53. The largest absolute Gasteiger partial charge is 0.389 e. The Morgan fingerprint density at radius 2 is 1.94 bits per heavy atom. The minimum atomic E-state index is -0.376. The third-order valence-electron chi connectivity index (χ3n) is 6.27. The Labute approximate surface area is 109 Å². The van der Waals surface area contributed by atoms with Gasteiger partial charge in [0.1, 0.15) is 0 Å². The Morgan fingerprint density at radius 1 is 1.06 bits per heavy atom. The third-order valence-corrected chi connectivity index (χ3v) is 6.27. The molecular formula is C15H25NO2. The van der Waals surface area contributed by atoms with Gasteiger partial charge in [0.05, 0.1) is 11.2 Å². The summed E-state index contributed by atoms with van der Waals surface area (Å²) in [7, 11) is 0. The highest BCUT2D eigenvalue weighted by molar-refractivity contribution is 5.05. The highest BCUT2D eigenvalue weighted by Gasteiger charge is 2.54. The first-order valence-corrected chi connectivity index (χ1v) is 7.79. The Hall–Kier alpha value is -0.120. The van der Waals surface area contributed by atoms with Crippen molar-refractivity contribution in [2.45, 2.75) is 56.1 Å². The van der Waals surface area contributed by atoms with E-state index < -0.39 is 0 Å². The van der Waals surface area contributed by atoms with Gasteiger partial charge in [0.25, 0.3) is 0 Å². The lowest BCUT2D eigenvalue weighted by Crippen LogP contribution is -2.57. The van der Waals surface area contributed by atoms with Crippen LogP contribution in [0.4, 0.5) is 0 Å². The zero-order valence-electron chi connectivity index (χ0n) is 11.2. The van der Waals surface area contributed by atoms with E-state index in [0.717, 1.165) is 39.0 Å². The molecule has 1 saturated carbocycles. The molecule has 3 heteroatoms. The van der Waals surface area contributed by atoms with Gasteiger partial charge in [-0.25, -0.2) is 0 Å². The first-order chi connectivity index (χ1) is 8.70. The zero-order chi connectivity index (χ0) is 12.2. The molecule has 18 heavy (non-hydrogen) atoms. The zero-order valence-corrected chi connectivity index (χ0v) is 11.2. The van der Waals surface area contributed by atoms with Crippen molar-refractivity contribution in [3.63, 3.8) is 0 Å². The molecule has 1 spiro atoms. The minimum Gasteiger partial charge on any atom is -0.389 e. The lowest BCUT2D eigenvalue weighted by molar-refractivity contribution is -0.191. The second-order valence-electron chi connectivity index (χ2n) is 7.10. The number of aliphatic hydroxyl groups is 1. The molecule has 0 amide bonds. The normalized spacial score (nSPS) is 50.2. The molecule has 0 aromatic heterocycles. The first kappa shape index (κ1) is 11.7. The summed E-state index contributed by atoms with van der Waals surface area (Å²) in [5, 5.41) is 11.3. The van der Waals surface area contributed by atoms with Crippen molar-refractivity contribution in [1.82, 2.24) is 4.90 Å². The number of ether oxygens (including phenoxy) is 1. The molecular weight excluding hydrogens is 226 g/mol. The van der Waals surface area contributed by atoms with Crippen LogP contribution in [-0.4, -0.2) is 47.4 Å². The van der Waals surface area contributed by atoms with Crippen molar-refractivity contribution < 1.29 is 9.84 Å². The second kappa shape index (κ2) is 3.94. The Morgan fingerprint density at radius 3 is 2.72 bits per heavy atom. The van der Waals surface area contributed by atoms with Crippen LogP contribution >= 0.6 is 0 Å². The molecule has 3 heterocycles. The van der Waals surface area contributed by atoms with Gasteiger partial charge in [-0.05, 0) is 57.4 Å². The summed E-state index contributed by atoms with van der Waals surface area (Å²) < 4.78 is 6.03. The molecule has 3 aliphatic heterocycles. The van der Waals surface area contributed by atoms with Crippen LogP contribution in [0.15, 0.2) is 0 Å². The van der Waals surface area contributed by atoms with Gasteiger partial charge in [-0.2, -0.15) is 0 Å². The molecule has 3 saturated heterocycles. The Balaban J connectivity index is 1.54. The molecule has 1 aliphatic carbocycles. The van der Waals surface area contributed by atoms with Gasteiger partial charge in [0.15, 0.2) is 0 Å². The predicted octanol–water partition coefficient (Wildman–Crippen LogP) is 1.79. The molecule has 102 valence electrons. The van der Waals surface area contributed by atoms with Crippen LogP contribution in [0, 0.1) is 11.8 Å². The van der Waals surface area contributed by atoms with Gasteiger partial charge in [0.2, 0.25) is 0 Å². The smallest absolute Gasteiger partial charge is 0.0730 e. The molecule has 0 radical (unpaired) electrons. The SMILES string of the molecule is OC1(C2CCOC3(CCC3)C2)CCN2CCC1C2. The highest BCUT2D eigenvalue weighted by Crippen LogP contribution is 2.51. The first-order valence-electron chi connectivity index (χ1n) is 7.79. The van der Waals surface area contributed by atoms with Crippen LogP contribution in [0.3, 0.4) is 0 Å². The van der Waals surface area contributed by atoms with E-state index in [0.29, 0.717) is 11.8 Å². The highest BCUT2D eigenvalue weighted by atomic mass is 16.5. The number of hydrogen-bond acceptors (Lipinski definition) is 3. The third kappa shape index (κ3) is 1.60. The van der Waals surface area contributed by atoms with Crippen molar-refractivity contribution in [2.24, 2.45) is 11.8 Å². The van der Waals surface area contributed by atoms with Crippen LogP contribution in [0.2, 0.25) is 0 Å². The number of nitrogens with zero attached hydrogens (tertiary/aromatic N) is 1. The van der Waals surface area contributed by atoms with Crippen molar-refractivity contribution in [3.05, 3.63) is 0 Å². The maximum atomic E-state index is 11.3. The average molecular weight is 251 g/mol. The molecule has 4 rings (SSSR count). The van der Waals surface area contributed by atoms with Crippen LogP contribution in [0.5, 0.6) is 0 Å². The van der Waals surface area contributed by atoms with Gasteiger partial charge in [0, 0.05) is 25.6 Å². The van der Waals surface area contributed by atoms with Gasteiger partial charge in [-0.3, -0.25) is 0 Å². The summed E-state index contributed by atoms with van der Waals surface area (Å²) in [6.45, 7) is 4.34. The molecule has 4 unspecified atom stereocenters. The van der Waals surface area contributed by atoms with E-state index in [1.54, 1.807) is 0 Å². The van der Waals surface area contributed by atoms with E-state index in [4.69, 9.17) is 4.74 Å². The number of fused-ring (bicyclic) bond motifs is 2. The van der Waals surface area contributed by atoms with E-state index >= 15 is 0 Å². The monoisotopic (exact) mass is 251 g/mol. The van der Waals surface area contributed by atoms with Crippen LogP contribution in [-0.2, 0) is 4.74 Å². The van der Waals surface area contributed by atoms with E-state index in [9.17, 15) is 5.11 Å². The van der Waals surface area contributed by atoms with Gasteiger partial charge >= 0.3 is 0 Å². The topological polar surface area (TPSA) is 32.7 Å². The van der Waals surface area contributed by atoms with Crippen molar-refractivity contribution in [3.8, 4) is 0 Å². The van der Waals surface area contributed by atoms with E-state index in [2.05, 4.69) is 4.90 Å². The summed E-state index contributed by atoms with van der Waals surface area (Å²) in [6, 6.07) is 0. The maximum absolute atomic E-state index is 11.3. The minimum absolute atomic E-state index is 0.175. The summed E-state index contributed by atoms with van der Waals surface area (Å²) in [6.07, 6.45) is 8.20. The second-order valence-corrected chi connectivity index (χ2v) is 7.10. The van der Waals surface area contributed by atoms with Crippen LogP contribution in [0.1, 0.15) is 44.9 Å². The number of piperidine rings is 1. The molecule has 0 aromatic rings. The molecule has 1 N–H and O–H groups in total. The van der Waals surface area contributed by atoms with Crippen LogP contribution < -0.4 is 0 Å². The van der Waals surface area contributed by atoms with E-state index in [1.165, 1.54) is 32.2 Å². The maximum Gasteiger partial charge on any atom is 0.0730 e. The van der Waals surface area contributed by atoms with Gasteiger partial charge in [-0.1, -0.05) is 0 Å². The average Bonchev–Trinajstić information content (AvgIpc) is 2.78. The lowest BCUT2D eigenvalue weighted by atomic mass is 9.63. The molecule has 4 aliphatic rings. The standard InChI is InChI=1S/C15H25NO2/c17-15(6-8-16-7-2-13(15)11-16)12-3-9-18-14(10-12)4-1-5-14/h12-13,17H,1-11H2. The van der Waals surface area contributed by atoms with Crippen LogP contribution in [0.25, 0.3) is 0 Å². The van der Waals surface area contributed by atoms with Crippen molar-refractivity contribution in [1.29, 1.82) is 0 Å². The predicted molar refractivity (Wildman–Crippen MR) is 69.4 cm³/mol. The molecule has 3 nitrogen and oxygen atoms in total. The fourth-order valence-electron chi connectivity index (χ4n) is 4.90. The Bertz CT molecular complexity index is 341. The van der Waals surface area contributed by atoms with E-state index in [-0.39, 0.29) is 11.2 Å². The van der Waals surface area contributed by atoms with Crippen molar-refractivity contribution in [2.75, 3.05) is 26.2 Å². The quantitative estimate of drug-likeness (QED) is 0.771. The molecule has 4 fully saturated rings. The fraction of sp³-hybridized carbons (Fsp3) is 1.00. The number of hydrogen-bond donors (Lipinski definition) is 1. The Kier molecular flexibility index (Phi) is 2.56. The van der Waals surface area contributed by atoms with Crippen molar-refractivity contribution >= 4 is 0 Å². The van der Waals surface area contributed by atoms with Gasteiger partial charge in [-0.15, -0.1) is 0 Å².